The van der Waals surface area contributed by atoms with Crippen molar-refractivity contribution in [1.82, 2.24) is 15.5 Å². The lowest BCUT2D eigenvalue weighted by molar-refractivity contribution is 0.0170. The molecule has 1 aliphatic heterocycles. The zero-order valence-electron chi connectivity index (χ0n) is 20.5. The van der Waals surface area contributed by atoms with Crippen LogP contribution in [0.15, 0.2) is 40.0 Å². The fourth-order valence-electron chi connectivity index (χ4n) is 3.29. The minimum absolute atomic E-state index is 0. The van der Waals surface area contributed by atoms with Crippen LogP contribution in [0.4, 0.5) is 4.79 Å². The molecule has 0 atom stereocenters. The van der Waals surface area contributed by atoms with Gasteiger partial charge in [0.15, 0.2) is 5.96 Å². The van der Waals surface area contributed by atoms with Crippen molar-refractivity contribution < 1.29 is 18.7 Å². The van der Waals surface area contributed by atoms with Gasteiger partial charge in [0.2, 0.25) is 0 Å². The van der Waals surface area contributed by atoms with E-state index in [1.54, 1.807) is 6.26 Å². The Morgan fingerprint density at radius 2 is 2.00 bits per heavy atom. The van der Waals surface area contributed by atoms with Crippen LogP contribution in [-0.4, -0.2) is 68.0 Å². The van der Waals surface area contributed by atoms with Crippen LogP contribution in [0.1, 0.15) is 52.7 Å². The van der Waals surface area contributed by atoms with Crippen molar-refractivity contribution in [3.8, 4) is 0 Å². The Labute approximate surface area is 215 Å². The number of guanidine groups is 1. The average Bonchev–Trinajstić information content (AvgIpc) is 3.23. The fourth-order valence-corrected chi connectivity index (χ4v) is 3.29. The quantitative estimate of drug-likeness (QED) is 0.142. The highest BCUT2D eigenvalue weighted by atomic mass is 127. The minimum Gasteiger partial charge on any atom is -0.469 e. The number of aliphatic imine (C=N–C) groups is 1. The second-order valence-electron chi connectivity index (χ2n) is 9.19. The van der Waals surface area contributed by atoms with Gasteiger partial charge in [-0.2, -0.15) is 0 Å². The first-order valence-corrected chi connectivity index (χ1v) is 11.5. The Kier molecular flexibility index (Phi) is 13.5. The van der Waals surface area contributed by atoms with Crippen LogP contribution in [0.3, 0.4) is 0 Å². The van der Waals surface area contributed by atoms with Crippen LogP contribution < -0.4 is 10.6 Å². The second-order valence-corrected chi connectivity index (χ2v) is 9.19. The molecule has 1 fully saturated rings. The third-order valence-electron chi connectivity index (χ3n) is 4.82. The number of hydrogen-bond donors (Lipinski definition) is 2. The van der Waals surface area contributed by atoms with Crippen LogP contribution >= 0.6 is 24.0 Å². The maximum atomic E-state index is 11.7. The summed E-state index contributed by atoms with van der Waals surface area (Å²) in [5.74, 6) is 1.88. The van der Waals surface area contributed by atoms with Gasteiger partial charge in [-0.15, -0.1) is 24.0 Å². The van der Waals surface area contributed by atoms with Gasteiger partial charge in [0.25, 0.3) is 0 Å². The van der Waals surface area contributed by atoms with E-state index in [9.17, 15) is 4.79 Å². The molecule has 2 N–H and O–H groups in total. The standard InChI is InChI=1S/C24H40N4O4.HI/c1-19(2)18-27-22(25-13-9-20-8-6-16-30-20)28-14-10-21(11-15-28)31-17-7-12-26-23(29)32-24(3,4)5;/h6,8,16,21H,1,7,9-15,17-18H2,2-5H3,(H,25,27)(H,26,29);1H. The first-order valence-electron chi connectivity index (χ1n) is 11.5. The van der Waals surface area contributed by atoms with Gasteiger partial charge in [-0.1, -0.05) is 12.2 Å². The van der Waals surface area contributed by atoms with E-state index >= 15 is 0 Å². The van der Waals surface area contributed by atoms with Crippen LogP contribution in [0.2, 0.25) is 0 Å². The summed E-state index contributed by atoms with van der Waals surface area (Å²) in [7, 11) is 0. The monoisotopic (exact) mass is 576 g/mol. The average molecular weight is 577 g/mol. The summed E-state index contributed by atoms with van der Waals surface area (Å²) in [6.07, 6.45) is 5.03. The highest BCUT2D eigenvalue weighted by Crippen LogP contribution is 2.14. The molecule has 33 heavy (non-hydrogen) atoms. The first-order chi connectivity index (χ1) is 15.2. The zero-order valence-corrected chi connectivity index (χ0v) is 22.9. The molecule has 0 unspecified atom stereocenters. The van der Waals surface area contributed by atoms with Crippen molar-refractivity contribution in [3.63, 3.8) is 0 Å². The third kappa shape index (κ3) is 12.9. The Hall–Kier alpha value is -1.75. The molecule has 8 nitrogen and oxygen atoms in total. The topological polar surface area (TPSA) is 88.3 Å². The lowest BCUT2D eigenvalue weighted by atomic mass is 10.1. The Morgan fingerprint density at radius 3 is 2.61 bits per heavy atom. The molecule has 0 aromatic carbocycles. The van der Waals surface area contributed by atoms with Gasteiger partial charge in [-0.3, -0.25) is 0 Å². The Morgan fingerprint density at radius 1 is 1.27 bits per heavy atom. The maximum absolute atomic E-state index is 11.7. The highest BCUT2D eigenvalue weighted by Gasteiger charge is 2.22. The summed E-state index contributed by atoms with van der Waals surface area (Å²) in [5.41, 5.74) is 0.558. The maximum Gasteiger partial charge on any atom is 0.407 e. The summed E-state index contributed by atoms with van der Waals surface area (Å²) in [6.45, 7) is 15.8. The van der Waals surface area contributed by atoms with E-state index in [2.05, 4.69) is 22.1 Å². The number of alkyl carbamates (subject to hydrolysis) is 1. The Bertz CT molecular complexity index is 723. The lowest BCUT2D eigenvalue weighted by Crippen LogP contribution is -2.47. The molecule has 2 rings (SSSR count). The van der Waals surface area contributed by atoms with E-state index < -0.39 is 5.60 Å². The number of piperidine rings is 1. The number of nitrogens with zero attached hydrogens (tertiary/aromatic N) is 2. The molecule has 1 saturated heterocycles. The van der Waals surface area contributed by atoms with E-state index in [1.165, 1.54) is 0 Å². The van der Waals surface area contributed by atoms with Crippen LogP contribution in [0.25, 0.3) is 0 Å². The first kappa shape index (κ1) is 29.3. The number of ether oxygens (including phenoxy) is 2. The normalized spacial score (nSPS) is 15.0. The van der Waals surface area contributed by atoms with Crippen molar-refractivity contribution in [1.29, 1.82) is 0 Å². The zero-order chi connectivity index (χ0) is 23.4. The largest absolute Gasteiger partial charge is 0.469 e. The van der Waals surface area contributed by atoms with Gasteiger partial charge < -0.3 is 29.4 Å². The van der Waals surface area contributed by atoms with Crippen LogP contribution in [0, 0.1) is 0 Å². The minimum atomic E-state index is -0.477. The highest BCUT2D eigenvalue weighted by molar-refractivity contribution is 14.0. The van der Waals surface area contributed by atoms with E-state index in [1.807, 2.05) is 39.8 Å². The predicted octanol–water partition coefficient (Wildman–Crippen LogP) is 4.36. The van der Waals surface area contributed by atoms with Gasteiger partial charge >= 0.3 is 6.09 Å². The lowest BCUT2D eigenvalue weighted by Gasteiger charge is -2.34. The Balaban J connectivity index is 0.00000544. The molecular formula is C24H41IN4O4. The molecule has 1 aliphatic rings. The molecule has 0 saturated carbocycles. The summed E-state index contributed by atoms with van der Waals surface area (Å²) >= 11 is 0. The van der Waals surface area contributed by atoms with Gasteiger partial charge in [0.1, 0.15) is 11.4 Å². The van der Waals surface area contributed by atoms with E-state index in [0.29, 0.717) is 19.7 Å². The van der Waals surface area contributed by atoms with Crippen molar-refractivity contribution in [2.24, 2.45) is 4.99 Å². The molecule has 0 aliphatic carbocycles. The number of halogens is 1. The molecule has 2 heterocycles. The fraction of sp³-hybridized carbons (Fsp3) is 0.667. The number of rotatable bonds is 10. The molecule has 0 bridgehead atoms. The molecule has 1 aromatic heterocycles. The van der Waals surface area contributed by atoms with Gasteiger partial charge in [0.05, 0.1) is 18.9 Å². The number of nitrogens with one attached hydrogen (secondary N) is 2. The molecule has 0 radical (unpaired) electrons. The SMILES string of the molecule is C=C(C)CN=C(NCCc1ccco1)N1CCC(OCCCNC(=O)OC(C)(C)C)CC1.I. The molecule has 9 heteroatoms. The molecule has 188 valence electrons. The van der Waals surface area contributed by atoms with E-state index in [-0.39, 0.29) is 36.2 Å². The number of amides is 1. The molecule has 1 aromatic rings. The second kappa shape index (κ2) is 15.2. The summed E-state index contributed by atoms with van der Waals surface area (Å²) in [5, 5.41) is 6.23. The predicted molar refractivity (Wildman–Crippen MR) is 142 cm³/mol. The van der Waals surface area contributed by atoms with Crippen LogP contribution in [-0.2, 0) is 15.9 Å². The number of likely N-dealkylation sites (tertiary alicyclic amines) is 1. The summed E-state index contributed by atoms with van der Waals surface area (Å²) < 4.78 is 16.7. The number of carbonyl (C=O) groups is 1. The summed E-state index contributed by atoms with van der Waals surface area (Å²) in [4.78, 5) is 18.7. The number of hydrogen-bond acceptors (Lipinski definition) is 5. The van der Waals surface area contributed by atoms with Crippen molar-refractivity contribution in [3.05, 3.63) is 36.3 Å². The summed E-state index contributed by atoms with van der Waals surface area (Å²) in [6, 6.07) is 3.89. The van der Waals surface area contributed by atoms with Crippen LogP contribution in [0.5, 0.6) is 0 Å². The van der Waals surface area contributed by atoms with Gasteiger partial charge in [-0.25, -0.2) is 9.79 Å². The van der Waals surface area contributed by atoms with Gasteiger partial charge in [0, 0.05) is 39.2 Å². The van der Waals surface area contributed by atoms with Crippen molar-refractivity contribution >= 4 is 36.0 Å². The van der Waals surface area contributed by atoms with E-state index in [0.717, 1.165) is 62.6 Å². The smallest absolute Gasteiger partial charge is 0.407 e. The van der Waals surface area contributed by atoms with Crippen molar-refractivity contribution in [2.75, 3.05) is 39.3 Å². The third-order valence-corrected chi connectivity index (χ3v) is 4.82. The molecule has 0 spiro atoms. The molecule has 1 amide bonds. The molecular weight excluding hydrogens is 535 g/mol. The van der Waals surface area contributed by atoms with Crippen molar-refractivity contribution in [2.45, 2.75) is 65.1 Å². The number of furan rings is 1. The van der Waals surface area contributed by atoms with E-state index in [4.69, 9.17) is 18.9 Å². The number of carbonyl (C=O) groups excluding carboxylic acids is 1. The van der Waals surface area contributed by atoms with Gasteiger partial charge in [-0.05, 0) is 59.1 Å².